The highest BCUT2D eigenvalue weighted by molar-refractivity contribution is 6.82. The van der Waals surface area contributed by atoms with E-state index in [0.29, 0.717) is 24.5 Å². The zero-order chi connectivity index (χ0) is 27.4. The Morgan fingerprint density at radius 1 is 1.22 bits per heavy atom. The number of carbonyl (C=O) groups excluding carboxylic acids is 2. The molecule has 3 N–H and O–H groups in total. The Balaban J connectivity index is 1.54. The van der Waals surface area contributed by atoms with E-state index in [-0.39, 0.29) is 23.6 Å². The van der Waals surface area contributed by atoms with Crippen LogP contribution in [0.25, 0.3) is 0 Å². The van der Waals surface area contributed by atoms with Gasteiger partial charge in [-0.2, -0.15) is 0 Å². The summed E-state index contributed by atoms with van der Waals surface area (Å²) in [5.74, 6) is 0.213. The van der Waals surface area contributed by atoms with Gasteiger partial charge < -0.3 is 20.6 Å². The van der Waals surface area contributed by atoms with Gasteiger partial charge in [0.2, 0.25) is 5.91 Å². The van der Waals surface area contributed by atoms with Gasteiger partial charge in [-0.3, -0.25) is 9.79 Å². The zero-order valence-corrected chi connectivity index (χ0v) is 24.2. The first-order valence-corrected chi connectivity index (χ1v) is 16.7. The summed E-state index contributed by atoms with van der Waals surface area (Å²) in [6, 6.07) is 5.24. The van der Waals surface area contributed by atoms with E-state index in [1.54, 1.807) is 36.9 Å². The third-order valence-electron chi connectivity index (χ3n) is 9.00. The Kier molecular flexibility index (Phi) is 6.95. The van der Waals surface area contributed by atoms with Gasteiger partial charge in [0.05, 0.1) is 39.4 Å². The summed E-state index contributed by atoms with van der Waals surface area (Å²) in [6.07, 6.45) is 2.92. The first-order chi connectivity index (χ1) is 17.2. The van der Waals surface area contributed by atoms with Crippen molar-refractivity contribution in [2.45, 2.75) is 83.2 Å². The fraction of sp³-hybridized carbons (Fsp3) is 0.607. The Morgan fingerprint density at radius 3 is 2.41 bits per heavy atom. The van der Waals surface area contributed by atoms with E-state index >= 15 is 0 Å². The number of carbonyl (C=O) groups is 2. The quantitative estimate of drug-likeness (QED) is 0.464. The van der Waals surface area contributed by atoms with Crippen LogP contribution in [0, 0.1) is 11.2 Å². The van der Waals surface area contributed by atoms with Gasteiger partial charge in [0.25, 0.3) is 0 Å². The van der Waals surface area contributed by atoms with Gasteiger partial charge in [-0.1, -0.05) is 58.1 Å². The highest BCUT2D eigenvalue weighted by Gasteiger charge is 2.54. The molecule has 3 amide bonds. The maximum absolute atomic E-state index is 14.8. The van der Waals surface area contributed by atoms with Crippen LogP contribution in [0.2, 0.25) is 24.7 Å². The van der Waals surface area contributed by atoms with Gasteiger partial charge in [0.15, 0.2) is 0 Å². The summed E-state index contributed by atoms with van der Waals surface area (Å²) in [4.78, 5) is 33.5. The van der Waals surface area contributed by atoms with Crippen molar-refractivity contribution in [1.82, 2.24) is 15.5 Å². The molecule has 1 aliphatic carbocycles. The molecule has 0 aromatic heterocycles. The van der Waals surface area contributed by atoms with Gasteiger partial charge in [-0.05, 0) is 38.3 Å². The second-order valence-electron chi connectivity index (χ2n) is 13.0. The number of aliphatic imine (C=N–C) groups is 1. The summed E-state index contributed by atoms with van der Waals surface area (Å²) in [7, 11) is -1.74. The first-order valence-electron chi connectivity index (χ1n) is 13.2. The highest BCUT2D eigenvalue weighted by atomic mass is 28.3. The SMILES string of the molecule is CC(C)(CO)C(NC(=O)N1CC2=C(CN=C2NC(=O)C2([Si](C)(C)C)CCC2)C1(C)C)c1ccccc1F. The monoisotopic (exact) mass is 528 g/mol. The number of halogens is 1. The lowest BCUT2D eigenvalue weighted by atomic mass is 9.81. The number of hydrogen-bond acceptors (Lipinski definition) is 4. The van der Waals surface area contributed by atoms with Gasteiger partial charge in [-0.15, -0.1) is 0 Å². The van der Waals surface area contributed by atoms with E-state index in [2.05, 4.69) is 35.3 Å². The molecule has 7 nitrogen and oxygen atoms in total. The normalized spacial score (nSPS) is 21.2. The van der Waals surface area contributed by atoms with Crippen molar-refractivity contribution in [3.63, 3.8) is 0 Å². The predicted molar refractivity (Wildman–Crippen MR) is 147 cm³/mol. The van der Waals surface area contributed by atoms with Crippen LogP contribution in [0.1, 0.15) is 58.6 Å². The lowest BCUT2D eigenvalue weighted by Crippen LogP contribution is -2.55. The van der Waals surface area contributed by atoms with E-state index in [0.717, 1.165) is 30.4 Å². The molecule has 1 saturated carbocycles. The largest absolute Gasteiger partial charge is 0.396 e. The maximum Gasteiger partial charge on any atom is 0.318 e. The smallest absolute Gasteiger partial charge is 0.318 e. The highest BCUT2D eigenvalue weighted by Crippen LogP contribution is 2.55. The average Bonchev–Trinajstić information content (AvgIpc) is 3.28. The summed E-state index contributed by atoms with van der Waals surface area (Å²) in [5.41, 5.74) is 0.802. The third kappa shape index (κ3) is 4.54. The Hall–Kier alpha value is -2.52. The van der Waals surface area contributed by atoms with Crippen LogP contribution in [0.3, 0.4) is 0 Å². The molecule has 0 saturated heterocycles. The van der Waals surface area contributed by atoms with Crippen LogP contribution in [-0.4, -0.2) is 61.1 Å². The topological polar surface area (TPSA) is 94.0 Å². The molecule has 1 unspecified atom stereocenters. The molecule has 1 fully saturated rings. The van der Waals surface area contributed by atoms with E-state index in [1.165, 1.54) is 6.07 Å². The number of benzene rings is 1. The predicted octanol–water partition coefficient (Wildman–Crippen LogP) is 4.78. The number of urea groups is 1. The minimum Gasteiger partial charge on any atom is -0.396 e. The van der Waals surface area contributed by atoms with Crippen LogP contribution in [0.5, 0.6) is 0 Å². The minimum absolute atomic E-state index is 0.0652. The van der Waals surface area contributed by atoms with Crippen LogP contribution in [0.15, 0.2) is 40.4 Å². The third-order valence-corrected chi connectivity index (χ3v) is 12.6. The number of amides is 3. The second-order valence-corrected chi connectivity index (χ2v) is 18.4. The number of nitrogens with zero attached hydrogens (tertiary/aromatic N) is 2. The Bertz CT molecular complexity index is 1160. The van der Waals surface area contributed by atoms with Crippen LogP contribution >= 0.6 is 0 Å². The number of hydrogen-bond donors (Lipinski definition) is 3. The molecule has 0 bridgehead atoms. The fourth-order valence-corrected chi connectivity index (χ4v) is 8.55. The number of nitrogens with one attached hydrogen (secondary N) is 2. The van der Waals surface area contributed by atoms with E-state index in [9.17, 15) is 19.1 Å². The lowest BCUT2D eigenvalue weighted by Gasteiger charge is -2.49. The molecule has 0 radical (unpaired) electrons. The second kappa shape index (κ2) is 9.34. The van der Waals surface area contributed by atoms with Crippen molar-refractivity contribution in [2.75, 3.05) is 19.7 Å². The van der Waals surface area contributed by atoms with Crippen LogP contribution in [-0.2, 0) is 4.79 Å². The lowest BCUT2D eigenvalue weighted by molar-refractivity contribution is -0.125. The molecule has 37 heavy (non-hydrogen) atoms. The van der Waals surface area contributed by atoms with Crippen LogP contribution in [0.4, 0.5) is 9.18 Å². The molecule has 2 heterocycles. The number of amidine groups is 1. The summed E-state index contributed by atoms with van der Waals surface area (Å²) in [6.45, 7) is 14.8. The fourth-order valence-electron chi connectivity index (χ4n) is 5.96. The Morgan fingerprint density at radius 2 is 1.86 bits per heavy atom. The average molecular weight is 529 g/mol. The molecule has 9 heteroatoms. The number of aliphatic hydroxyl groups is 1. The van der Waals surface area contributed by atoms with Crippen molar-refractivity contribution in [1.29, 1.82) is 0 Å². The van der Waals surface area contributed by atoms with Crippen molar-refractivity contribution in [2.24, 2.45) is 10.4 Å². The van der Waals surface area contributed by atoms with Crippen molar-refractivity contribution < 1.29 is 19.1 Å². The number of aliphatic hydroxyl groups excluding tert-OH is 1. The zero-order valence-electron chi connectivity index (χ0n) is 23.2. The molecule has 0 spiro atoms. The van der Waals surface area contributed by atoms with Gasteiger partial charge >= 0.3 is 6.03 Å². The molecule has 1 aromatic rings. The molecular formula is C28H41FN4O3Si. The van der Waals surface area contributed by atoms with E-state index in [4.69, 9.17) is 0 Å². The maximum atomic E-state index is 14.8. The molecular weight excluding hydrogens is 487 g/mol. The molecule has 3 aliphatic rings. The standard InChI is InChI=1S/C28H41FN4O3Si/c1-26(2,17-34)22(18-11-8-9-12-21(18)29)31-25(36)33-16-19-20(27(33,3)4)15-30-23(19)32-24(35)28(13-10-14-28)37(5,6)7/h8-9,11-12,22,34H,10,13-17H2,1-7H3,(H,31,36)(H,30,32,35). The molecule has 1 aromatic carbocycles. The minimum atomic E-state index is -1.74. The van der Waals surface area contributed by atoms with Crippen molar-refractivity contribution in [3.05, 3.63) is 46.8 Å². The van der Waals surface area contributed by atoms with Crippen LogP contribution < -0.4 is 10.6 Å². The molecule has 202 valence electrons. The van der Waals surface area contributed by atoms with E-state index in [1.807, 2.05) is 13.8 Å². The van der Waals surface area contributed by atoms with E-state index < -0.39 is 30.9 Å². The molecule has 4 rings (SSSR count). The van der Waals surface area contributed by atoms with Crippen molar-refractivity contribution in [3.8, 4) is 0 Å². The Labute approximate surface area is 220 Å². The summed E-state index contributed by atoms with van der Waals surface area (Å²) >= 11 is 0. The van der Waals surface area contributed by atoms with Gasteiger partial charge in [-0.25, -0.2) is 9.18 Å². The molecule has 1 atom stereocenters. The van der Waals surface area contributed by atoms with Crippen molar-refractivity contribution >= 4 is 25.8 Å². The van der Waals surface area contributed by atoms with Gasteiger partial charge in [0, 0.05) is 21.6 Å². The van der Waals surface area contributed by atoms with Gasteiger partial charge in [0.1, 0.15) is 11.7 Å². The number of rotatable bonds is 6. The summed E-state index contributed by atoms with van der Waals surface area (Å²) < 4.78 is 14.8. The summed E-state index contributed by atoms with van der Waals surface area (Å²) in [5, 5.41) is 15.9. The first kappa shape index (κ1) is 27.5. The molecule has 2 aliphatic heterocycles.